The highest BCUT2D eigenvalue weighted by atomic mass is 19.1. The summed E-state index contributed by atoms with van der Waals surface area (Å²) < 4.78 is 18.9. The maximum atomic E-state index is 13.5. The normalized spacial score (nSPS) is 11.8. The second kappa shape index (κ2) is 8.17. The van der Waals surface area contributed by atoms with Crippen molar-refractivity contribution in [3.8, 4) is 5.75 Å². The number of nitrogens with one attached hydrogen (secondary N) is 3. The topological polar surface area (TPSA) is 79.0 Å². The molecule has 0 bridgehead atoms. The smallest absolute Gasteiger partial charge is 0.315 e. The molecule has 6 nitrogen and oxygen atoms in total. The minimum absolute atomic E-state index is 0.173. The average molecular weight is 320 g/mol. The van der Waals surface area contributed by atoms with Crippen LogP contribution in [0.1, 0.15) is 25.2 Å². The van der Waals surface area contributed by atoms with Crippen molar-refractivity contribution in [2.24, 2.45) is 0 Å². The van der Waals surface area contributed by atoms with E-state index >= 15 is 0 Å². The Morgan fingerprint density at radius 1 is 1.39 bits per heavy atom. The average Bonchev–Trinajstić information content (AvgIpc) is 3.01. The van der Waals surface area contributed by atoms with Crippen molar-refractivity contribution in [3.05, 3.63) is 47.5 Å². The van der Waals surface area contributed by atoms with Gasteiger partial charge in [0.2, 0.25) is 0 Å². The number of ether oxygens (including phenoxy) is 1. The molecule has 0 saturated carbocycles. The number of urea groups is 1. The van der Waals surface area contributed by atoms with Crippen LogP contribution in [-0.4, -0.2) is 28.9 Å². The van der Waals surface area contributed by atoms with E-state index in [-0.39, 0.29) is 24.4 Å². The number of rotatable bonds is 7. The predicted octanol–water partition coefficient (Wildman–Crippen LogP) is 2.38. The highest BCUT2D eigenvalue weighted by Gasteiger charge is 2.09. The number of aromatic nitrogens is 2. The molecule has 0 fully saturated rings. The minimum atomic E-state index is -0.422. The highest BCUT2D eigenvalue weighted by Crippen LogP contribution is 2.16. The lowest BCUT2D eigenvalue weighted by Gasteiger charge is -2.16. The van der Waals surface area contributed by atoms with Crippen LogP contribution in [0.2, 0.25) is 0 Å². The monoisotopic (exact) mass is 320 g/mol. The first-order valence-electron chi connectivity index (χ1n) is 7.54. The summed E-state index contributed by atoms with van der Waals surface area (Å²) in [6.45, 7) is 4.40. The lowest BCUT2D eigenvalue weighted by molar-refractivity contribution is 0.201. The number of H-pyrrole nitrogens is 1. The maximum absolute atomic E-state index is 13.5. The molecule has 0 aliphatic carbocycles. The van der Waals surface area contributed by atoms with Crippen molar-refractivity contribution in [2.45, 2.75) is 32.9 Å². The molecule has 0 unspecified atom stereocenters. The van der Waals surface area contributed by atoms with Gasteiger partial charge in [-0.25, -0.2) is 9.18 Å². The third kappa shape index (κ3) is 5.28. The Hall–Kier alpha value is -2.57. The molecule has 1 atom stereocenters. The molecule has 1 aromatic carbocycles. The molecule has 0 radical (unpaired) electrons. The SMILES string of the molecule is CCc1cc(CNC(=O)NC[C@H](C)Oc2ccccc2F)[nH]n1. The Balaban J connectivity index is 1.70. The van der Waals surface area contributed by atoms with Crippen molar-refractivity contribution in [3.63, 3.8) is 0 Å². The first kappa shape index (κ1) is 16.8. The Labute approximate surface area is 134 Å². The first-order chi connectivity index (χ1) is 11.1. The van der Waals surface area contributed by atoms with E-state index in [0.717, 1.165) is 17.8 Å². The number of amides is 2. The Bertz CT molecular complexity index is 645. The lowest BCUT2D eigenvalue weighted by Crippen LogP contribution is -2.40. The standard InChI is InChI=1S/C16H21FN4O2/c1-3-12-8-13(21-20-12)10-19-16(22)18-9-11(2)23-15-7-5-4-6-14(15)17/h4-8,11H,3,9-10H2,1-2H3,(H,20,21)(H2,18,19,22)/t11-/m0/s1. The molecular formula is C16H21FN4O2. The summed E-state index contributed by atoms with van der Waals surface area (Å²) in [5.74, 6) is -0.249. The van der Waals surface area contributed by atoms with Gasteiger partial charge in [-0.2, -0.15) is 5.10 Å². The van der Waals surface area contributed by atoms with Gasteiger partial charge in [-0.05, 0) is 31.5 Å². The van der Waals surface area contributed by atoms with E-state index < -0.39 is 5.82 Å². The summed E-state index contributed by atoms with van der Waals surface area (Å²) in [5.41, 5.74) is 1.79. The van der Waals surface area contributed by atoms with Gasteiger partial charge in [-0.1, -0.05) is 19.1 Å². The zero-order chi connectivity index (χ0) is 16.7. The Morgan fingerprint density at radius 3 is 2.87 bits per heavy atom. The van der Waals surface area contributed by atoms with Gasteiger partial charge < -0.3 is 15.4 Å². The second-order valence-corrected chi connectivity index (χ2v) is 5.16. The quantitative estimate of drug-likeness (QED) is 0.733. The van der Waals surface area contributed by atoms with E-state index in [0.29, 0.717) is 6.54 Å². The van der Waals surface area contributed by atoms with Gasteiger partial charge >= 0.3 is 6.03 Å². The summed E-state index contributed by atoms with van der Waals surface area (Å²) in [6.07, 6.45) is 0.490. The number of carbonyl (C=O) groups excluding carboxylic acids is 1. The molecule has 7 heteroatoms. The molecule has 2 rings (SSSR count). The largest absolute Gasteiger partial charge is 0.486 e. The van der Waals surface area contributed by atoms with Crippen LogP contribution in [0, 0.1) is 5.82 Å². The van der Waals surface area contributed by atoms with Gasteiger partial charge in [0, 0.05) is 0 Å². The van der Waals surface area contributed by atoms with E-state index in [9.17, 15) is 9.18 Å². The van der Waals surface area contributed by atoms with Crippen LogP contribution in [0.5, 0.6) is 5.75 Å². The maximum Gasteiger partial charge on any atom is 0.315 e. The predicted molar refractivity (Wildman–Crippen MR) is 84.7 cm³/mol. The van der Waals surface area contributed by atoms with Gasteiger partial charge in [-0.3, -0.25) is 5.10 Å². The molecule has 0 spiro atoms. The summed E-state index contributed by atoms with van der Waals surface area (Å²) in [6, 6.07) is 7.76. The van der Waals surface area contributed by atoms with Crippen molar-refractivity contribution in [1.82, 2.24) is 20.8 Å². The van der Waals surface area contributed by atoms with E-state index in [2.05, 4.69) is 20.8 Å². The number of benzene rings is 1. The van der Waals surface area contributed by atoms with Crippen LogP contribution in [0.3, 0.4) is 0 Å². The molecule has 0 aliphatic heterocycles. The number of aryl methyl sites for hydroxylation is 1. The summed E-state index contributed by atoms with van der Waals surface area (Å²) >= 11 is 0. The first-order valence-corrected chi connectivity index (χ1v) is 7.54. The van der Waals surface area contributed by atoms with Crippen LogP contribution in [0.15, 0.2) is 30.3 Å². The molecule has 1 aromatic heterocycles. The number of hydrogen-bond acceptors (Lipinski definition) is 3. The third-order valence-corrected chi connectivity index (χ3v) is 3.20. The number of para-hydroxylation sites is 1. The Morgan fingerprint density at radius 2 is 2.17 bits per heavy atom. The number of halogens is 1. The van der Waals surface area contributed by atoms with Crippen LogP contribution < -0.4 is 15.4 Å². The van der Waals surface area contributed by atoms with Crippen molar-refractivity contribution in [1.29, 1.82) is 0 Å². The number of hydrogen-bond donors (Lipinski definition) is 3. The van der Waals surface area contributed by atoms with Crippen molar-refractivity contribution < 1.29 is 13.9 Å². The van der Waals surface area contributed by atoms with E-state index in [1.807, 2.05) is 13.0 Å². The third-order valence-electron chi connectivity index (χ3n) is 3.20. The molecule has 1 heterocycles. The lowest BCUT2D eigenvalue weighted by atomic mass is 10.3. The van der Waals surface area contributed by atoms with E-state index in [4.69, 9.17) is 4.74 Å². The fourth-order valence-electron chi connectivity index (χ4n) is 1.95. The molecule has 2 aromatic rings. The van der Waals surface area contributed by atoms with Crippen molar-refractivity contribution >= 4 is 6.03 Å². The zero-order valence-electron chi connectivity index (χ0n) is 13.2. The number of carbonyl (C=O) groups is 1. The van der Waals surface area contributed by atoms with Gasteiger partial charge in [0.1, 0.15) is 6.10 Å². The molecule has 23 heavy (non-hydrogen) atoms. The van der Waals surface area contributed by atoms with Gasteiger partial charge in [0.25, 0.3) is 0 Å². The van der Waals surface area contributed by atoms with Crippen LogP contribution in [0.25, 0.3) is 0 Å². The molecule has 2 amide bonds. The zero-order valence-corrected chi connectivity index (χ0v) is 13.2. The Kier molecular flexibility index (Phi) is 5.96. The van der Waals surface area contributed by atoms with Crippen LogP contribution >= 0.6 is 0 Å². The summed E-state index contributed by atoms with van der Waals surface area (Å²) in [5, 5.41) is 12.3. The van der Waals surface area contributed by atoms with Gasteiger partial charge in [-0.15, -0.1) is 0 Å². The molecule has 0 saturated heterocycles. The summed E-state index contributed by atoms with van der Waals surface area (Å²) in [4.78, 5) is 11.7. The number of aromatic amines is 1. The van der Waals surface area contributed by atoms with Gasteiger partial charge in [0.05, 0.1) is 24.5 Å². The molecule has 124 valence electrons. The van der Waals surface area contributed by atoms with Gasteiger partial charge in [0.15, 0.2) is 11.6 Å². The molecule has 3 N–H and O–H groups in total. The van der Waals surface area contributed by atoms with Crippen molar-refractivity contribution in [2.75, 3.05) is 6.54 Å². The highest BCUT2D eigenvalue weighted by molar-refractivity contribution is 5.73. The van der Waals surface area contributed by atoms with E-state index in [1.165, 1.54) is 6.07 Å². The fraction of sp³-hybridized carbons (Fsp3) is 0.375. The second-order valence-electron chi connectivity index (χ2n) is 5.16. The minimum Gasteiger partial charge on any atom is -0.486 e. The molecule has 0 aliphatic rings. The van der Waals surface area contributed by atoms with Crippen LogP contribution in [-0.2, 0) is 13.0 Å². The van der Waals surface area contributed by atoms with E-state index in [1.54, 1.807) is 25.1 Å². The molecular weight excluding hydrogens is 299 g/mol. The van der Waals surface area contributed by atoms with Crippen LogP contribution in [0.4, 0.5) is 9.18 Å². The summed E-state index contributed by atoms with van der Waals surface area (Å²) in [7, 11) is 0. The fourth-order valence-corrected chi connectivity index (χ4v) is 1.95. The number of nitrogens with zero attached hydrogens (tertiary/aromatic N) is 1.